The molecule has 0 aromatic heterocycles. The Kier molecular flexibility index (Phi) is 8.53. The van der Waals surface area contributed by atoms with Gasteiger partial charge >= 0.3 is 0 Å². The Hall–Kier alpha value is -3.22. The van der Waals surface area contributed by atoms with E-state index in [1.807, 2.05) is 45.9 Å². The van der Waals surface area contributed by atoms with Crippen molar-refractivity contribution in [2.24, 2.45) is 0 Å². The lowest BCUT2D eigenvalue weighted by Gasteiger charge is -2.18. The molecule has 30 heavy (non-hydrogen) atoms. The number of carbonyl (C=O) groups excluding carboxylic acids is 2. The maximum atomic E-state index is 12.4. The molecule has 0 saturated carbocycles. The summed E-state index contributed by atoms with van der Waals surface area (Å²) in [6.07, 6.45) is 0. The van der Waals surface area contributed by atoms with Gasteiger partial charge in [0, 0.05) is 18.8 Å². The minimum atomic E-state index is -0.316. The molecular formula is C23H30N2O5. The Balaban J connectivity index is 1.91. The molecule has 0 spiro atoms. The fourth-order valence-electron chi connectivity index (χ4n) is 2.76. The first-order valence-corrected chi connectivity index (χ1v) is 9.98. The number of hydrogen-bond donors (Lipinski definition) is 1. The Morgan fingerprint density at radius 2 is 1.63 bits per heavy atom. The number of amides is 2. The third-order valence-electron chi connectivity index (χ3n) is 4.54. The second kappa shape index (κ2) is 11.1. The highest BCUT2D eigenvalue weighted by molar-refractivity contribution is 5.94. The molecular weight excluding hydrogens is 384 g/mol. The van der Waals surface area contributed by atoms with Crippen LogP contribution in [0.5, 0.6) is 17.2 Å². The van der Waals surface area contributed by atoms with E-state index in [1.54, 1.807) is 25.2 Å². The van der Waals surface area contributed by atoms with Crippen LogP contribution in [0.2, 0.25) is 0 Å². The van der Waals surface area contributed by atoms with Gasteiger partial charge in [-0.15, -0.1) is 0 Å². The van der Waals surface area contributed by atoms with Gasteiger partial charge in [0.05, 0.1) is 19.8 Å². The molecule has 0 heterocycles. The van der Waals surface area contributed by atoms with Crippen LogP contribution in [0.15, 0.2) is 36.4 Å². The zero-order chi connectivity index (χ0) is 22.1. The Morgan fingerprint density at radius 1 is 0.933 bits per heavy atom. The molecule has 1 N–H and O–H groups in total. The molecule has 2 rings (SSSR count). The summed E-state index contributed by atoms with van der Waals surface area (Å²) >= 11 is 0. The predicted molar refractivity (Wildman–Crippen MR) is 116 cm³/mol. The molecule has 2 aromatic carbocycles. The van der Waals surface area contributed by atoms with Crippen LogP contribution in [-0.4, -0.2) is 50.1 Å². The molecule has 0 saturated heterocycles. The van der Waals surface area contributed by atoms with E-state index in [9.17, 15) is 9.59 Å². The van der Waals surface area contributed by atoms with E-state index in [0.29, 0.717) is 36.1 Å². The zero-order valence-corrected chi connectivity index (χ0v) is 18.3. The number of carbonyl (C=O) groups is 2. The lowest BCUT2D eigenvalue weighted by molar-refractivity contribution is -0.135. The molecule has 2 aromatic rings. The molecule has 7 heteroatoms. The number of hydrogen-bond acceptors (Lipinski definition) is 5. The maximum Gasteiger partial charge on any atom is 0.260 e. The van der Waals surface area contributed by atoms with Gasteiger partial charge in [-0.25, -0.2) is 0 Å². The lowest BCUT2D eigenvalue weighted by Crippen LogP contribution is -2.37. The van der Waals surface area contributed by atoms with Crippen LogP contribution in [0.4, 0.5) is 5.69 Å². The normalized spacial score (nSPS) is 10.3. The standard InChI is InChI=1S/C23H30N2O5/c1-6-28-20-12-11-18(13-21(20)29-7-2)24-22(26)14-25(5)23(27)15-30-19-10-8-9-16(3)17(19)4/h8-13H,6-7,14-15H2,1-5H3,(H,24,26). The van der Waals surface area contributed by atoms with Crippen LogP contribution in [0.3, 0.4) is 0 Å². The van der Waals surface area contributed by atoms with Crippen LogP contribution in [-0.2, 0) is 9.59 Å². The van der Waals surface area contributed by atoms with Gasteiger partial charge in [-0.2, -0.15) is 0 Å². The summed E-state index contributed by atoms with van der Waals surface area (Å²) in [5, 5.41) is 2.78. The smallest absolute Gasteiger partial charge is 0.260 e. The van der Waals surface area contributed by atoms with Crippen molar-refractivity contribution in [2.45, 2.75) is 27.7 Å². The van der Waals surface area contributed by atoms with Crippen molar-refractivity contribution in [1.29, 1.82) is 0 Å². The first-order valence-electron chi connectivity index (χ1n) is 9.98. The molecule has 0 aliphatic heterocycles. The van der Waals surface area contributed by atoms with Crippen molar-refractivity contribution in [3.8, 4) is 17.2 Å². The highest BCUT2D eigenvalue weighted by Gasteiger charge is 2.15. The van der Waals surface area contributed by atoms with Crippen molar-refractivity contribution in [3.63, 3.8) is 0 Å². The first-order chi connectivity index (χ1) is 14.3. The van der Waals surface area contributed by atoms with Crippen LogP contribution in [0, 0.1) is 13.8 Å². The second-order valence-corrected chi connectivity index (χ2v) is 6.81. The predicted octanol–water partition coefficient (Wildman–Crippen LogP) is 3.58. The van der Waals surface area contributed by atoms with E-state index in [1.165, 1.54) is 4.90 Å². The number of aryl methyl sites for hydroxylation is 1. The molecule has 7 nitrogen and oxygen atoms in total. The lowest BCUT2D eigenvalue weighted by atomic mass is 10.1. The first kappa shape index (κ1) is 23.1. The highest BCUT2D eigenvalue weighted by atomic mass is 16.5. The summed E-state index contributed by atoms with van der Waals surface area (Å²) in [6, 6.07) is 10.9. The Labute approximate surface area is 177 Å². The van der Waals surface area contributed by atoms with E-state index < -0.39 is 0 Å². The summed E-state index contributed by atoms with van der Waals surface area (Å²) in [4.78, 5) is 26.0. The number of likely N-dealkylation sites (N-methyl/N-ethyl adjacent to an activating group) is 1. The van der Waals surface area contributed by atoms with Crippen molar-refractivity contribution in [1.82, 2.24) is 4.90 Å². The third-order valence-corrected chi connectivity index (χ3v) is 4.54. The summed E-state index contributed by atoms with van der Waals surface area (Å²) in [7, 11) is 1.57. The Bertz CT molecular complexity index is 882. The van der Waals surface area contributed by atoms with Gasteiger partial charge in [0.15, 0.2) is 18.1 Å². The fraction of sp³-hybridized carbons (Fsp3) is 0.391. The quantitative estimate of drug-likeness (QED) is 0.643. The van der Waals surface area contributed by atoms with Crippen molar-refractivity contribution in [2.75, 3.05) is 38.7 Å². The molecule has 0 unspecified atom stereocenters. The number of rotatable bonds is 10. The number of benzene rings is 2. The average Bonchev–Trinajstić information content (AvgIpc) is 2.71. The molecule has 0 fully saturated rings. The molecule has 0 atom stereocenters. The van der Waals surface area contributed by atoms with Gasteiger partial charge in [0.1, 0.15) is 5.75 Å². The van der Waals surface area contributed by atoms with Gasteiger partial charge in [-0.05, 0) is 57.0 Å². The second-order valence-electron chi connectivity index (χ2n) is 6.81. The molecule has 0 bridgehead atoms. The maximum absolute atomic E-state index is 12.4. The monoisotopic (exact) mass is 414 g/mol. The van der Waals surface area contributed by atoms with E-state index in [2.05, 4.69) is 5.32 Å². The van der Waals surface area contributed by atoms with Crippen molar-refractivity contribution >= 4 is 17.5 Å². The molecule has 0 aliphatic rings. The van der Waals surface area contributed by atoms with E-state index in [4.69, 9.17) is 14.2 Å². The largest absolute Gasteiger partial charge is 0.490 e. The molecule has 2 amide bonds. The number of anilines is 1. The topological polar surface area (TPSA) is 77.1 Å². The Morgan fingerprint density at radius 3 is 2.33 bits per heavy atom. The number of nitrogens with zero attached hydrogens (tertiary/aromatic N) is 1. The van der Waals surface area contributed by atoms with Crippen LogP contribution in [0.1, 0.15) is 25.0 Å². The molecule has 0 radical (unpaired) electrons. The van der Waals surface area contributed by atoms with Gasteiger partial charge in [0.25, 0.3) is 5.91 Å². The van der Waals surface area contributed by atoms with Crippen LogP contribution < -0.4 is 19.5 Å². The minimum Gasteiger partial charge on any atom is -0.490 e. The summed E-state index contributed by atoms with van der Waals surface area (Å²) in [5.41, 5.74) is 2.65. The fourth-order valence-corrected chi connectivity index (χ4v) is 2.76. The number of ether oxygens (including phenoxy) is 3. The zero-order valence-electron chi connectivity index (χ0n) is 18.3. The molecule has 162 valence electrons. The third kappa shape index (κ3) is 6.40. The van der Waals surface area contributed by atoms with Gasteiger partial charge in [-0.1, -0.05) is 12.1 Å². The number of nitrogens with one attached hydrogen (secondary N) is 1. The van der Waals surface area contributed by atoms with E-state index in [-0.39, 0.29) is 25.0 Å². The molecule has 0 aliphatic carbocycles. The minimum absolute atomic E-state index is 0.0911. The summed E-state index contributed by atoms with van der Waals surface area (Å²) in [5.74, 6) is 1.24. The van der Waals surface area contributed by atoms with Crippen LogP contribution >= 0.6 is 0 Å². The average molecular weight is 415 g/mol. The van der Waals surface area contributed by atoms with E-state index in [0.717, 1.165) is 11.1 Å². The van der Waals surface area contributed by atoms with Crippen LogP contribution in [0.25, 0.3) is 0 Å². The summed E-state index contributed by atoms with van der Waals surface area (Å²) < 4.78 is 16.7. The van der Waals surface area contributed by atoms with Gasteiger partial charge in [0.2, 0.25) is 5.91 Å². The van der Waals surface area contributed by atoms with Gasteiger partial charge in [-0.3, -0.25) is 9.59 Å². The highest BCUT2D eigenvalue weighted by Crippen LogP contribution is 2.30. The van der Waals surface area contributed by atoms with Gasteiger partial charge < -0.3 is 24.4 Å². The van der Waals surface area contributed by atoms with E-state index >= 15 is 0 Å². The van der Waals surface area contributed by atoms with Crippen molar-refractivity contribution in [3.05, 3.63) is 47.5 Å². The SMILES string of the molecule is CCOc1ccc(NC(=O)CN(C)C(=O)COc2cccc(C)c2C)cc1OCC. The van der Waals surface area contributed by atoms with Crippen molar-refractivity contribution < 1.29 is 23.8 Å². The summed E-state index contributed by atoms with van der Waals surface area (Å²) in [6.45, 7) is 8.47.